The van der Waals surface area contributed by atoms with Crippen LogP contribution in [0.2, 0.25) is 5.02 Å². The van der Waals surface area contributed by atoms with Gasteiger partial charge >= 0.3 is 0 Å². The molecule has 4 nitrogen and oxygen atoms in total. The first kappa shape index (κ1) is 14.7. The van der Waals surface area contributed by atoms with Gasteiger partial charge in [-0.2, -0.15) is 0 Å². The first-order valence-corrected chi connectivity index (χ1v) is 8.25. The summed E-state index contributed by atoms with van der Waals surface area (Å²) in [4.78, 5) is 8.48. The third kappa shape index (κ3) is 2.14. The minimum absolute atomic E-state index is 0.0981. The Balaban J connectivity index is 1.60. The van der Waals surface area contributed by atoms with Crippen molar-refractivity contribution >= 4 is 17.4 Å². The van der Waals surface area contributed by atoms with Gasteiger partial charge in [0.05, 0.1) is 16.7 Å². The predicted octanol–water partition coefficient (Wildman–Crippen LogP) is 2.42. The predicted molar refractivity (Wildman–Crippen MR) is 83.8 cm³/mol. The van der Waals surface area contributed by atoms with Gasteiger partial charge in [-0.15, -0.1) is 0 Å². The second-order valence-corrected chi connectivity index (χ2v) is 7.57. The molecule has 6 heteroatoms. The van der Waals surface area contributed by atoms with Crippen molar-refractivity contribution in [2.45, 2.75) is 24.5 Å². The number of nitrogens with zero attached hydrogens (tertiary/aromatic N) is 3. The first-order valence-electron chi connectivity index (χ1n) is 7.87. The topological polar surface area (TPSA) is 28.6 Å². The molecule has 0 N–H and O–H groups in total. The number of rotatable bonds is 3. The Bertz CT molecular complexity index is 599. The monoisotopic (exact) mass is 325 g/mol. The maximum Gasteiger partial charge on any atom is 0.167 e. The molecule has 0 aromatic carbocycles. The third-order valence-electron chi connectivity index (χ3n) is 5.45. The summed E-state index contributed by atoms with van der Waals surface area (Å²) in [6, 6.07) is 1.34. The number of ether oxygens (including phenoxy) is 1. The summed E-state index contributed by atoms with van der Waals surface area (Å²) in [5, 5.41) is 0.335. The van der Waals surface area contributed by atoms with E-state index in [-0.39, 0.29) is 11.4 Å². The summed E-state index contributed by atoms with van der Waals surface area (Å²) in [6.07, 6.45) is 4.09. The van der Waals surface area contributed by atoms with E-state index in [9.17, 15) is 4.39 Å². The van der Waals surface area contributed by atoms with Crippen LogP contribution in [0.15, 0.2) is 12.3 Å². The molecule has 1 spiro atoms. The molecular formula is C16H21ClFN3O. The van der Waals surface area contributed by atoms with Crippen LogP contribution in [0, 0.1) is 17.7 Å². The van der Waals surface area contributed by atoms with Crippen molar-refractivity contribution in [1.82, 2.24) is 9.88 Å². The second-order valence-electron chi connectivity index (χ2n) is 7.13. The molecule has 4 heterocycles. The van der Waals surface area contributed by atoms with E-state index in [0.29, 0.717) is 28.8 Å². The second kappa shape index (κ2) is 5.05. The van der Waals surface area contributed by atoms with Crippen molar-refractivity contribution in [1.29, 1.82) is 0 Å². The van der Waals surface area contributed by atoms with Gasteiger partial charge in [-0.25, -0.2) is 9.37 Å². The van der Waals surface area contributed by atoms with Gasteiger partial charge in [-0.1, -0.05) is 11.6 Å². The van der Waals surface area contributed by atoms with E-state index in [0.717, 1.165) is 32.5 Å². The van der Waals surface area contributed by atoms with Gasteiger partial charge in [0.25, 0.3) is 0 Å². The van der Waals surface area contributed by atoms with Crippen molar-refractivity contribution in [3.05, 3.63) is 23.1 Å². The Morgan fingerprint density at radius 2 is 2.36 bits per heavy atom. The molecule has 22 heavy (non-hydrogen) atoms. The third-order valence-corrected chi connectivity index (χ3v) is 5.65. The Hall–Kier alpha value is -0.910. The van der Waals surface area contributed by atoms with Crippen molar-refractivity contribution in [2.24, 2.45) is 11.8 Å². The molecule has 0 unspecified atom stereocenters. The van der Waals surface area contributed by atoms with E-state index in [4.69, 9.17) is 16.3 Å². The lowest BCUT2D eigenvalue weighted by atomic mass is 9.73. The molecule has 0 aliphatic carbocycles. The number of hydrogen-bond acceptors (Lipinski definition) is 4. The molecule has 0 radical (unpaired) electrons. The fraction of sp³-hybridized carbons (Fsp3) is 0.688. The summed E-state index contributed by atoms with van der Waals surface area (Å²) in [7, 11) is 4.21. The van der Waals surface area contributed by atoms with Gasteiger partial charge in [0, 0.05) is 37.7 Å². The molecule has 0 saturated carbocycles. The summed E-state index contributed by atoms with van der Waals surface area (Å²) in [6.45, 7) is 2.59. The fourth-order valence-corrected chi connectivity index (χ4v) is 4.80. The van der Waals surface area contributed by atoms with Gasteiger partial charge in [0.1, 0.15) is 0 Å². The minimum Gasteiger partial charge on any atom is -0.369 e. The largest absolute Gasteiger partial charge is 0.369 e. The molecule has 120 valence electrons. The Kier molecular flexibility index (Phi) is 3.36. The number of fused-ring (bicyclic) bond motifs is 1. The van der Waals surface area contributed by atoms with E-state index in [1.807, 2.05) is 4.90 Å². The number of halogens is 2. The van der Waals surface area contributed by atoms with Crippen LogP contribution in [0.3, 0.4) is 0 Å². The average molecular weight is 326 g/mol. The maximum atomic E-state index is 14.2. The molecule has 2 bridgehead atoms. The van der Waals surface area contributed by atoms with Crippen molar-refractivity contribution in [3.8, 4) is 0 Å². The Labute approximate surface area is 135 Å². The quantitative estimate of drug-likeness (QED) is 0.853. The first-order chi connectivity index (χ1) is 10.5. The summed E-state index contributed by atoms with van der Waals surface area (Å²) < 4.78 is 20.6. The molecule has 3 aliphatic rings. The van der Waals surface area contributed by atoms with E-state index < -0.39 is 0 Å². The van der Waals surface area contributed by atoms with Crippen LogP contribution in [0.25, 0.3) is 0 Å². The molecule has 1 aromatic rings. The number of anilines is 1. The van der Waals surface area contributed by atoms with E-state index >= 15 is 0 Å². The van der Waals surface area contributed by atoms with Crippen LogP contribution in [-0.2, 0) is 4.74 Å². The van der Waals surface area contributed by atoms with Crippen molar-refractivity contribution < 1.29 is 9.13 Å². The maximum absolute atomic E-state index is 14.2. The summed E-state index contributed by atoms with van der Waals surface area (Å²) in [5.74, 6) is 1.06. The lowest BCUT2D eigenvalue weighted by Gasteiger charge is -2.30. The Morgan fingerprint density at radius 3 is 3.09 bits per heavy atom. The number of pyridine rings is 1. The number of aromatic nitrogens is 1. The number of hydrogen-bond donors (Lipinski definition) is 0. The van der Waals surface area contributed by atoms with Crippen LogP contribution >= 0.6 is 11.6 Å². The highest BCUT2D eigenvalue weighted by atomic mass is 35.5. The highest BCUT2D eigenvalue weighted by Crippen LogP contribution is 2.55. The minimum atomic E-state index is -0.345. The van der Waals surface area contributed by atoms with Crippen molar-refractivity contribution in [3.63, 3.8) is 0 Å². The smallest absolute Gasteiger partial charge is 0.167 e. The van der Waals surface area contributed by atoms with E-state index in [1.54, 1.807) is 0 Å². The van der Waals surface area contributed by atoms with Gasteiger partial charge in [0.15, 0.2) is 11.6 Å². The van der Waals surface area contributed by atoms with Crippen LogP contribution in [0.5, 0.6) is 0 Å². The van der Waals surface area contributed by atoms with Gasteiger partial charge in [-0.05, 0) is 33.0 Å². The molecule has 4 rings (SSSR count). The molecule has 0 amide bonds. The summed E-state index contributed by atoms with van der Waals surface area (Å²) in [5.41, 5.74) is -0.0981. The Morgan fingerprint density at radius 1 is 1.55 bits per heavy atom. The SMILES string of the molecule is CN(C)C[C@H]1[C@H]2CN(c3ncc(Cl)cc3F)C[C@]23CC[C@H]1O3. The zero-order valence-corrected chi connectivity index (χ0v) is 13.7. The van der Waals surface area contributed by atoms with Gasteiger partial charge in [0.2, 0.25) is 0 Å². The highest BCUT2D eigenvalue weighted by molar-refractivity contribution is 6.30. The van der Waals surface area contributed by atoms with Crippen LogP contribution in [0.1, 0.15) is 12.8 Å². The molecule has 3 aliphatic heterocycles. The zero-order chi connectivity index (χ0) is 15.5. The van der Waals surface area contributed by atoms with Gasteiger partial charge < -0.3 is 14.5 Å². The lowest BCUT2D eigenvalue weighted by Crippen LogP contribution is -2.40. The van der Waals surface area contributed by atoms with Crippen molar-refractivity contribution in [2.75, 3.05) is 38.6 Å². The standard InChI is InChI=1S/C16H21ClFN3O/c1-20(2)7-11-12-8-21(9-16(12)4-3-14(11)22-16)15-13(18)5-10(17)6-19-15/h5-6,11-12,14H,3-4,7-9H2,1-2H3/t11-,12+,14+,16+/m0/s1. The molecular weight excluding hydrogens is 305 g/mol. The molecule has 3 saturated heterocycles. The average Bonchev–Trinajstić information content (AvgIpc) is 3.08. The highest BCUT2D eigenvalue weighted by Gasteiger charge is 2.63. The van der Waals surface area contributed by atoms with E-state index in [1.165, 1.54) is 12.3 Å². The molecule has 4 atom stereocenters. The molecule has 1 aromatic heterocycles. The van der Waals surface area contributed by atoms with Crippen LogP contribution in [-0.4, -0.2) is 55.3 Å². The van der Waals surface area contributed by atoms with Crippen LogP contribution in [0.4, 0.5) is 10.2 Å². The lowest BCUT2D eigenvalue weighted by molar-refractivity contribution is 0.0136. The zero-order valence-electron chi connectivity index (χ0n) is 12.9. The van der Waals surface area contributed by atoms with Crippen LogP contribution < -0.4 is 4.90 Å². The van der Waals surface area contributed by atoms with Gasteiger partial charge in [-0.3, -0.25) is 0 Å². The fourth-order valence-electron chi connectivity index (χ4n) is 4.66. The summed E-state index contributed by atoms with van der Waals surface area (Å²) >= 11 is 5.81. The normalized spacial score (nSPS) is 36.4. The molecule has 3 fully saturated rings. The van der Waals surface area contributed by atoms with E-state index in [2.05, 4.69) is 24.0 Å².